The van der Waals surface area contributed by atoms with Crippen LogP contribution in [0.2, 0.25) is 0 Å². The predicted molar refractivity (Wildman–Crippen MR) is 85.4 cm³/mol. The van der Waals surface area contributed by atoms with Crippen LogP contribution in [0.25, 0.3) is 0 Å². The topological polar surface area (TPSA) is 63.3 Å². The van der Waals surface area contributed by atoms with Gasteiger partial charge in [-0.2, -0.15) is 0 Å². The zero-order valence-corrected chi connectivity index (χ0v) is 14.6. The van der Waals surface area contributed by atoms with E-state index in [9.17, 15) is 9.18 Å². The molecule has 0 aliphatic carbocycles. The van der Waals surface area contributed by atoms with Crippen LogP contribution in [0.15, 0.2) is 15.4 Å². The lowest BCUT2D eigenvalue weighted by Gasteiger charge is -2.12. The van der Waals surface area contributed by atoms with E-state index in [1.165, 1.54) is 11.8 Å². The summed E-state index contributed by atoms with van der Waals surface area (Å²) >= 11 is 6.38. The van der Waals surface area contributed by atoms with Crippen molar-refractivity contribution in [1.82, 2.24) is 0 Å². The molecule has 0 aromatic heterocycles. The molecule has 0 amide bonds. The Morgan fingerprint density at radius 3 is 2.72 bits per heavy atom. The zero-order chi connectivity index (χ0) is 13.2. The second-order valence-corrected chi connectivity index (χ2v) is 6.36. The van der Waals surface area contributed by atoms with Crippen molar-refractivity contribution in [2.45, 2.75) is 17.9 Å². The summed E-state index contributed by atoms with van der Waals surface area (Å²) in [6.45, 7) is 1.84. The highest BCUT2D eigenvalue weighted by atomic mass is 127. The fourth-order valence-corrected chi connectivity index (χ4v) is 4.12. The minimum absolute atomic E-state index is 0. The maximum atomic E-state index is 13.5. The first-order valence-corrected chi connectivity index (χ1v) is 7.49. The number of hydrogen-bond donors (Lipinski definition) is 2. The van der Waals surface area contributed by atoms with Gasteiger partial charge in [-0.1, -0.05) is 0 Å². The standard InChI is InChI=1S/C10H10BrFINO2S.ClH/c1-4(14)3-17-9-7(11)6(12)2-5(8(9)13)10(15)16;/h2,4H,3,14H2,1H3,(H,15,16);1H/t4-;/m0./s1. The second-order valence-electron chi connectivity index (χ2n) is 3.46. The summed E-state index contributed by atoms with van der Waals surface area (Å²) in [6, 6.07) is 0.976. The molecule has 0 bridgehead atoms. The van der Waals surface area contributed by atoms with E-state index in [-0.39, 0.29) is 28.5 Å². The molecular formula is C10H11BrClFINO2S. The zero-order valence-electron chi connectivity index (χ0n) is 9.25. The van der Waals surface area contributed by atoms with Crippen LogP contribution < -0.4 is 5.73 Å². The molecule has 0 heterocycles. The summed E-state index contributed by atoms with van der Waals surface area (Å²) in [5.74, 6) is -1.12. The lowest BCUT2D eigenvalue weighted by molar-refractivity contribution is 0.0694. The van der Waals surface area contributed by atoms with Crippen LogP contribution >= 0.6 is 62.7 Å². The second kappa shape index (κ2) is 7.88. The van der Waals surface area contributed by atoms with Crippen molar-refractivity contribution >= 4 is 68.7 Å². The molecule has 0 unspecified atom stereocenters. The van der Waals surface area contributed by atoms with Crippen molar-refractivity contribution in [1.29, 1.82) is 0 Å². The molecule has 0 aliphatic heterocycles. The average Bonchev–Trinajstić information content (AvgIpc) is 2.22. The van der Waals surface area contributed by atoms with Gasteiger partial charge in [0, 0.05) is 20.3 Å². The van der Waals surface area contributed by atoms with Crippen LogP contribution in [0.5, 0.6) is 0 Å². The molecule has 0 spiro atoms. The van der Waals surface area contributed by atoms with E-state index in [4.69, 9.17) is 10.8 Å². The number of hydrogen-bond acceptors (Lipinski definition) is 3. The van der Waals surface area contributed by atoms with Crippen molar-refractivity contribution in [2.24, 2.45) is 5.73 Å². The van der Waals surface area contributed by atoms with Gasteiger partial charge in [0.15, 0.2) is 0 Å². The van der Waals surface area contributed by atoms with E-state index in [2.05, 4.69) is 15.9 Å². The average molecular weight is 471 g/mol. The third kappa shape index (κ3) is 4.52. The molecule has 3 N–H and O–H groups in total. The van der Waals surface area contributed by atoms with Crippen molar-refractivity contribution in [3.63, 3.8) is 0 Å². The van der Waals surface area contributed by atoms with Crippen LogP contribution in [0, 0.1) is 9.39 Å². The highest BCUT2D eigenvalue weighted by Gasteiger charge is 2.19. The number of thioether (sulfide) groups is 1. The molecule has 8 heteroatoms. The molecule has 3 nitrogen and oxygen atoms in total. The largest absolute Gasteiger partial charge is 0.478 e. The SMILES string of the molecule is C[C@H](N)CSc1c(Br)c(F)cc(C(=O)O)c1I.Cl. The van der Waals surface area contributed by atoms with E-state index in [0.717, 1.165) is 6.07 Å². The number of carboxylic acid groups (broad SMARTS) is 1. The summed E-state index contributed by atoms with van der Waals surface area (Å²) in [5.41, 5.74) is 5.60. The molecule has 0 radical (unpaired) electrons. The normalized spacial score (nSPS) is 11.8. The lowest BCUT2D eigenvalue weighted by atomic mass is 10.2. The van der Waals surface area contributed by atoms with E-state index in [1.807, 2.05) is 29.5 Å². The van der Waals surface area contributed by atoms with E-state index >= 15 is 0 Å². The number of rotatable bonds is 4. The molecule has 0 saturated carbocycles. The summed E-state index contributed by atoms with van der Waals surface area (Å²) in [6.07, 6.45) is 0. The molecule has 1 aromatic carbocycles. The van der Waals surface area contributed by atoms with Crippen LogP contribution in [-0.2, 0) is 0 Å². The monoisotopic (exact) mass is 469 g/mol. The van der Waals surface area contributed by atoms with E-state index < -0.39 is 11.8 Å². The van der Waals surface area contributed by atoms with Gasteiger partial charge in [-0.25, -0.2) is 9.18 Å². The quantitative estimate of drug-likeness (QED) is 0.400. The maximum Gasteiger partial charge on any atom is 0.336 e. The highest BCUT2D eigenvalue weighted by molar-refractivity contribution is 14.1. The molecule has 1 rings (SSSR count). The van der Waals surface area contributed by atoms with Crippen LogP contribution in [0.3, 0.4) is 0 Å². The van der Waals surface area contributed by atoms with Gasteiger partial charge < -0.3 is 10.8 Å². The Hall–Kier alpha value is 0.430. The molecule has 1 aromatic rings. The summed E-state index contributed by atoms with van der Waals surface area (Å²) in [4.78, 5) is 11.5. The number of nitrogens with two attached hydrogens (primary N) is 1. The Kier molecular flexibility index (Phi) is 8.07. The van der Waals surface area contributed by atoms with Crippen LogP contribution in [-0.4, -0.2) is 22.9 Å². The van der Waals surface area contributed by atoms with Crippen molar-refractivity contribution < 1.29 is 14.3 Å². The number of halogens is 4. The van der Waals surface area contributed by atoms with Gasteiger partial charge in [0.25, 0.3) is 0 Å². The summed E-state index contributed by atoms with van der Waals surface area (Å²) < 4.78 is 14.4. The van der Waals surface area contributed by atoms with Gasteiger partial charge in [0.2, 0.25) is 0 Å². The van der Waals surface area contributed by atoms with Crippen molar-refractivity contribution in [2.75, 3.05) is 5.75 Å². The summed E-state index contributed by atoms with van der Waals surface area (Å²) in [5, 5.41) is 8.96. The minimum Gasteiger partial charge on any atom is -0.478 e. The predicted octanol–water partition coefficient (Wildman–Crippen LogP) is 3.75. The Labute approximate surface area is 137 Å². The molecule has 18 heavy (non-hydrogen) atoms. The summed E-state index contributed by atoms with van der Waals surface area (Å²) in [7, 11) is 0. The molecule has 102 valence electrons. The van der Waals surface area contributed by atoms with Gasteiger partial charge in [-0.15, -0.1) is 24.2 Å². The Bertz CT molecular complexity index is 462. The van der Waals surface area contributed by atoms with E-state index in [1.54, 1.807) is 0 Å². The Morgan fingerprint density at radius 2 is 2.28 bits per heavy atom. The van der Waals surface area contributed by atoms with Gasteiger partial charge in [-0.3, -0.25) is 0 Å². The minimum atomic E-state index is -1.14. The van der Waals surface area contributed by atoms with Gasteiger partial charge in [-0.05, 0) is 51.5 Å². The first-order chi connectivity index (χ1) is 7.84. The molecule has 0 saturated heterocycles. The molecule has 0 fully saturated rings. The number of carboxylic acids is 1. The van der Waals surface area contributed by atoms with Crippen LogP contribution in [0.4, 0.5) is 4.39 Å². The number of benzene rings is 1. The lowest BCUT2D eigenvalue weighted by Crippen LogP contribution is -2.17. The highest BCUT2D eigenvalue weighted by Crippen LogP contribution is 2.36. The van der Waals surface area contributed by atoms with Crippen molar-refractivity contribution in [3.05, 3.63) is 25.5 Å². The maximum absolute atomic E-state index is 13.5. The Balaban J connectivity index is 0.00000289. The van der Waals surface area contributed by atoms with Crippen LogP contribution in [0.1, 0.15) is 17.3 Å². The molecule has 0 aliphatic rings. The third-order valence-corrected chi connectivity index (χ3v) is 5.75. The Morgan fingerprint density at radius 1 is 1.72 bits per heavy atom. The van der Waals surface area contributed by atoms with Crippen molar-refractivity contribution in [3.8, 4) is 0 Å². The first kappa shape index (κ1) is 18.4. The van der Waals surface area contributed by atoms with Gasteiger partial charge in [0.05, 0.1) is 10.0 Å². The fraction of sp³-hybridized carbons (Fsp3) is 0.300. The van der Waals surface area contributed by atoms with Gasteiger partial charge >= 0.3 is 5.97 Å². The number of aromatic carboxylic acids is 1. The van der Waals surface area contributed by atoms with E-state index in [0.29, 0.717) is 14.2 Å². The molecular weight excluding hydrogens is 459 g/mol. The van der Waals surface area contributed by atoms with Gasteiger partial charge in [0.1, 0.15) is 5.82 Å². The number of carbonyl (C=O) groups is 1. The molecule has 1 atom stereocenters. The third-order valence-electron chi connectivity index (χ3n) is 1.84. The smallest absolute Gasteiger partial charge is 0.336 e. The fourth-order valence-electron chi connectivity index (χ4n) is 1.08. The first-order valence-electron chi connectivity index (χ1n) is 4.63.